The first-order chi connectivity index (χ1) is 16.0. The number of hydrogen-bond donors (Lipinski definition) is 1. The first-order valence-electron chi connectivity index (χ1n) is 10.4. The zero-order chi connectivity index (χ0) is 23.4. The van der Waals surface area contributed by atoms with Gasteiger partial charge in [-0.15, -0.1) is 5.10 Å². The van der Waals surface area contributed by atoms with Crippen molar-refractivity contribution in [2.75, 3.05) is 37.6 Å². The van der Waals surface area contributed by atoms with Crippen LogP contribution in [0.1, 0.15) is 35.5 Å². The predicted octanol–water partition coefficient (Wildman–Crippen LogP) is 3.26. The molecule has 2 aromatic carbocycles. The maximum atomic E-state index is 12.6. The average molecular weight is 452 g/mol. The van der Waals surface area contributed by atoms with E-state index in [1.807, 2.05) is 31.2 Å². The van der Waals surface area contributed by atoms with E-state index >= 15 is 0 Å². The number of hydrogen-bond acceptors (Lipinski definition) is 8. The van der Waals surface area contributed by atoms with Gasteiger partial charge in [0.1, 0.15) is 5.75 Å². The van der Waals surface area contributed by atoms with Gasteiger partial charge in [-0.3, -0.25) is 14.9 Å². The van der Waals surface area contributed by atoms with Gasteiger partial charge in [-0.1, -0.05) is 5.10 Å². The predicted molar refractivity (Wildman–Crippen MR) is 119 cm³/mol. The molecule has 33 heavy (non-hydrogen) atoms. The standard InChI is InChI=1S/C23H24N4O6/c1-4-32-17-8-6-16(7-9-17)27-13-15(12-20(27)28)22-25-26-23(33-22)24-21(29)14-5-10-18(30-2)19(11-14)31-3/h5-11,15H,4,12-13H2,1-3H3,(H,24,26,29)/t15-/m1/s1. The van der Waals surface area contributed by atoms with Crippen LogP contribution in [0.3, 0.4) is 0 Å². The lowest BCUT2D eigenvalue weighted by Gasteiger charge is -2.16. The van der Waals surface area contributed by atoms with E-state index in [9.17, 15) is 9.59 Å². The van der Waals surface area contributed by atoms with Gasteiger partial charge in [-0.2, -0.15) is 0 Å². The van der Waals surface area contributed by atoms with Crippen LogP contribution < -0.4 is 24.4 Å². The lowest BCUT2D eigenvalue weighted by Crippen LogP contribution is -2.24. The van der Waals surface area contributed by atoms with E-state index in [1.165, 1.54) is 14.2 Å². The summed E-state index contributed by atoms with van der Waals surface area (Å²) < 4.78 is 21.5. The van der Waals surface area contributed by atoms with E-state index in [0.29, 0.717) is 36.1 Å². The number of nitrogens with zero attached hydrogens (tertiary/aromatic N) is 3. The Morgan fingerprint density at radius 3 is 2.58 bits per heavy atom. The Labute approximate surface area is 190 Å². The smallest absolute Gasteiger partial charge is 0.322 e. The fourth-order valence-corrected chi connectivity index (χ4v) is 3.61. The van der Waals surface area contributed by atoms with Crippen LogP contribution in [0.25, 0.3) is 0 Å². The molecule has 3 aromatic rings. The summed E-state index contributed by atoms with van der Waals surface area (Å²) in [6.45, 7) is 2.89. The summed E-state index contributed by atoms with van der Waals surface area (Å²) in [5.74, 6) is 1.22. The molecule has 1 atom stereocenters. The summed E-state index contributed by atoms with van der Waals surface area (Å²) in [7, 11) is 3.01. The molecule has 10 nitrogen and oxygen atoms in total. The second-order valence-corrected chi connectivity index (χ2v) is 7.30. The maximum Gasteiger partial charge on any atom is 0.322 e. The lowest BCUT2D eigenvalue weighted by molar-refractivity contribution is -0.117. The molecule has 2 amide bonds. The van der Waals surface area contributed by atoms with Gasteiger partial charge in [0.25, 0.3) is 5.91 Å². The minimum Gasteiger partial charge on any atom is -0.494 e. The third-order valence-electron chi connectivity index (χ3n) is 5.24. The Morgan fingerprint density at radius 2 is 1.88 bits per heavy atom. The van der Waals surface area contributed by atoms with Crippen LogP contribution in [0.5, 0.6) is 17.2 Å². The molecule has 1 N–H and O–H groups in total. The average Bonchev–Trinajstić information content (AvgIpc) is 3.45. The van der Waals surface area contributed by atoms with Crippen molar-refractivity contribution in [3.8, 4) is 17.2 Å². The van der Waals surface area contributed by atoms with E-state index in [1.54, 1.807) is 23.1 Å². The van der Waals surface area contributed by atoms with Crippen molar-refractivity contribution in [3.05, 3.63) is 53.9 Å². The summed E-state index contributed by atoms with van der Waals surface area (Å²) in [5, 5.41) is 10.5. The van der Waals surface area contributed by atoms with Crippen LogP contribution >= 0.6 is 0 Å². The molecule has 1 saturated heterocycles. The summed E-state index contributed by atoms with van der Waals surface area (Å²) in [6.07, 6.45) is 0.235. The third kappa shape index (κ3) is 4.74. The van der Waals surface area contributed by atoms with Crippen LogP contribution in [-0.4, -0.2) is 49.4 Å². The topological polar surface area (TPSA) is 116 Å². The quantitative estimate of drug-likeness (QED) is 0.554. The van der Waals surface area contributed by atoms with Gasteiger partial charge in [0.15, 0.2) is 11.5 Å². The Bertz CT molecular complexity index is 1140. The highest BCUT2D eigenvalue weighted by molar-refractivity contribution is 6.03. The number of carbonyl (C=O) groups is 2. The highest BCUT2D eigenvalue weighted by Gasteiger charge is 2.35. The highest BCUT2D eigenvalue weighted by Crippen LogP contribution is 2.33. The van der Waals surface area contributed by atoms with E-state index in [4.69, 9.17) is 18.6 Å². The van der Waals surface area contributed by atoms with Crippen molar-refractivity contribution in [2.45, 2.75) is 19.3 Å². The number of rotatable bonds is 8. The van der Waals surface area contributed by atoms with Crippen molar-refractivity contribution in [1.82, 2.24) is 10.2 Å². The molecule has 1 aromatic heterocycles. The van der Waals surface area contributed by atoms with Gasteiger partial charge in [0, 0.05) is 24.2 Å². The van der Waals surface area contributed by atoms with Crippen molar-refractivity contribution in [2.24, 2.45) is 0 Å². The summed E-state index contributed by atoms with van der Waals surface area (Å²) >= 11 is 0. The molecule has 1 aliphatic heterocycles. The van der Waals surface area contributed by atoms with Gasteiger partial charge in [-0.05, 0) is 49.4 Å². The largest absolute Gasteiger partial charge is 0.494 e. The number of aromatic nitrogens is 2. The fraction of sp³-hybridized carbons (Fsp3) is 0.304. The van der Waals surface area contributed by atoms with Crippen LogP contribution in [0, 0.1) is 0 Å². The fourth-order valence-electron chi connectivity index (χ4n) is 3.61. The number of nitrogens with one attached hydrogen (secondary N) is 1. The zero-order valence-corrected chi connectivity index (χ0v) is 18.5. The molecule has 0 aliphatic carbocycles. The molecule has 172 valence electrons. The Morgan fingerprint density at radius 1 is 1.12 bits per heavy atom. The molecule has 0 unspecified atom stereocenters. The van der Waals surface area contributed by atoms with Gasteiger partial charge >= 0.3 is 6.01 Å². The molecule has 0 radical (unpaired) electrons. The number of carbonyl (C=O) groups excluding carboxylic acids is 2. The number of amides is 2. The Kier molecular flexibility index (Phi) is 6.43. The van der Waals surface area contributed by atoms with Crippen molar-refractivity contribution in [3.63, 3.8) is 0 Å². The first-order valence-corrected chi connectivity index (χ1v) is 10.4. The van der Waals surface area contributed by atoms with Gasteiger partial charge in [0.2, 0.25) is 11.8 Å². The Hall–Kier alpha value is -4.08. The van der Waals surface area contributed by atoms with Gasteiger partial charge in [0.05, 0.1) is 26.7 Å². The Balaban J connectivity index is 1.42. The lowest BCUT2D eigenvalue weighted by atomic mass is 10.1. The van der Waals surface area contributed by atoms with Gasteiger partial charge in [-0.25, -0.2) is 0 Å². The van der Waals surface area contributed by atoms with E-state index in [0.717, 1.165) is 11.4 Å². The molecule has 0 bridgehead atoms. The number of ether oxygens (including phenoxy) is 3. The van der Waals surface area contributed by atoms with Crippen molar-refractivity contribution in [1.29, 1.82) is 0 Å². The third-order valence-corrected chi connectivity index (χ3v) is 5.24. The van der Waals surface area contributed by atoms with Crippen LogP contribution in [-0.2, 0) is 4.79 Å². The molecule has 2 heterocycles. The van der Waals surface area contributed by atoms with E-state index in [2.05, 4.69) is 15.5 Å². The second kappa shape index (κ2) is 9.60. The molecular formula is C23H24N4O6. The summed E-state index contributed by atoms with van der Waals surface area (Å²) in [6, 6.07) is 12.1. The highest BCUT2D eigenvalue weighted by atomic mass is 16.5. The van der Waals surface area contributed by atoms with Crippen molar-refractivity contribution < 1.29 is 28.2 Å². The first kappa shape index (κ1) is 22.1. The molecular weight excluding hydrogens is 428 g/mol. The monoisotopic (exact) mass is 452 g/mol. The van der Waals surface area contributed by atoms with Crippen LogP contribution in [0.2, 0.25) is 0 Å². The van der Waals surface area contributed by atoms with Gasteiger partial charge < -0.3 is 23.5 Å². The second-order valence-electron chi connectivity index (χ2n) is 7.30. The zero-order valence-electron chi connectivity index (χ0n) is 18.5. The molecule has 4 rings (SSSR count). The molecule has 1 fully saturated rings. The van der Waals surface area contributed by atoms with Crippen molar-refractivity contribution >= 4 is 23.5 Å². The molecule has 0 spiro atoms. The molecule has 0 saturated carbocycles. The number of methoxy groups -OCH3 is 2. The molecule has 1 aliphatic rings. The SMILES string of the molecule is CCOc1ccc(N2C[C@H](c3nnc(NC(=O)c4ccc(OC)c(OC)c4)o3)CC2=O)cc1. The minimum absolute atomic E-state index is 0.0433. The maximum absolute atomic E-state index is 12.6. The number of anilines is 2. The van der Waals surface area contributed by atoms with E-state index < -0.39 is 5.91 Å². The number of benzene rings is 2. The van der Waals surface area contributed by atoms with Crippen LogP contribution in [0.15, 0.2) is 46.9 Å². The minimum atomic E-state index is -0.440. The normalized spacial score (nSPS) is 15.4. The summed E-state index contributed by atoms with van der Waals surface area (Å²) in [4.78, 5) is 26.8. The summed E-state index contributed by atoms with van der Waals surface area (Å²) in [5.41, 5.74) is 1.11. The molecule has 10 heteroatoms. The van der Waals surface area contributed by atoms with E-state index in [-0.39, 0.29) is 24.3 Å². The van der Waals surface area contributed by atoms with Crippen LogP contribution in [0.4, 0.5) is 11.7 Å².